The molecular weight excluding hydrogens is 194 g/mol. The predicted molar refractivity (Wildman–Crippen MR) is 56.2 cm³/mol. The number of anilines is 2. The number of nitrogens with zero attached hydrogens (tertiary/aromatic N) is 1. The van der Waals surface area contributed by atoms with E-state index in [1.165, 1.54) is 18.6 Å². The van der Waals surface area contributed by atoms with Gasteiger partial charge in [0.05, 0.1) is 18.2 Å². The minimum atomic E-state index is -0.284. The van der Waals surface area contributed by atoms with Gasteiger partial charge in [0.1, 0.15) is 11.4 Å². The molecule has 0 saturated carbocycles. The topological polar surface area (TPSA) is 78.0 Å². The van der Waals surface area contributed by atoms with Gasteiger partial charge in [-0.15, -0.1) is 0 Å². The van der Waals surface area contributed by atoms with Gasteiger partial charge in [-0.2, -0.15) is 0 Å². The molecule has 0 unspecified atom stereocenters. The normalized spacial score (nSPS) is 9.87. The largest absolute Gasteiger partial charge is 0.506 e. The first-order chi connectivity index (χ1) is 7.27. The average molecular weight is 203 g/mol. The number of para-hydroxylation sites is 2. The van der Waals surface area contributed by atoms with Gasteiger partial charge in [0.25, 0.3) is 5.56 Å². The molecule has 76 valence electrons. The Morgan fingerprint density at radius 1 is 1.27 bits per heavy atom. The average Bonchev–Trinajstić information content (AvgIpc) is 2.24. The van der Waals surface area contributed by atoms with Crippen LogP contribution in [0.15, 0.2) is 41.6 Å². The van der Waals surface area contributed by atoms with Gasteiger partial charge in [0, 0.05) is 0 Å². The molecule has 0 amide bonds. The van der Waals surface area contributed by atoms with Gasteiger partial charge in [-0.25, -0.2) is 4.98 Å². The fourth-order valence-corrected chi connectivity index (χ4v) is 1.16. The van der Waals surface area contributed by atoms with Crippen molar-refractivity contribution in [1.82, 2.24) is 9.97 Å². The second-order valence-corrected chi connectivity index (χ2v) is 2.94. The van der Waals surface area contributed by atoms with Crippen molar-refractivity contribution in [3.05, 3.63) is 47.1 Å². The van der Waals surface area contributed by atoms with Crippen LogP contribution in [0.5, 0.6) is 5.75 Å². The van der Waals surface area contributed by atoms with Gasteiger partial charge in [-0.1, -0.05) is 12.1 Å². The molecule has 0 aliphatic heterocycles. The van der Waals surface area contributed by atoms with Gasteiger partial charge in [-0.05, 0) is 12.1 Å². The van der Waals surface area contributed by atoms with Crippen molar-refractivity contribution in [1.29, 1.82) is 0 Å². The van der Waals surface area contributed by atoms with Crippen LogP contribution in [0.2, 0.25) is 0 Å². The fraction of sp³-hybridized carbons (Fsp3) is 0. The molecule has 0 aliphatic rings. The van der Waals surface area contributed by atoms with Gasteiger partial charge >= 0.3 is 0 Å². The SMILES string of the molecule is O=c1[nH]cncc1Nc1ccccc1O. The summed E-state index contributed by atoms with van der Waals surface area (Å²) in [4.78, 5) is 17.5. The number of rotatable bonds is 2. The van der Waals surface area contributed by atoms with E-state index in [-0.39, 0.29) is 11.3 Å². The molecule has 0 aliphatic carbocycles. The van der Waals surface area contributed by atoms with E-state index >= 15 is 0 Å². The van der Waals surface area contributed by atoms with E-state index in [1.54, 1.807) is 18.2 Å². The molecule has 0 radical (unpaired) electrons. The van der Waals surface area contributed by atoms with Crippen LogP contribution < -0.4 is 10.9 Å². The highest BCUT2D eigenvalue weighted by Gasteiger charge is 2.02. The van der Waals surface area contributed by atoms with E-state index < -0.39 is 0 Å². The zero-order valence-corrected chi connectivity index (χ0v) is 7.77. The molecule has 1 heterocycles. The summed E-state index contributed by atoms with van der Waals surface area (Å²) in [5.41, 5.74) is 0.475. The number of nitrogens with one attached hydrogen (secondary N) is 2. The van der Waals surface area contributed by atoms with Gasteiger partial charge in [-0.3, -0.25) is 4.79 Å². The van der Waals surface area contributed by atoms with Crippen molar-refractivity contribution < 1.29 is 5.11 Å². The number of phenols is 1. The van der Waals surface area contributed by atoms with Crippen molar-refractivity contribution in [3.63, 3.8) is 0 Å². The number of hydrogen-bond acceptors (Lipinski definition) is 4. The van der Waals surface area contributed by atoms with Crippen molar-refractivity contribution in [2.45, 2.75) is 0 Å². The number of phenolic OH excluding ortho intramolecular Hbond substituents is 1. The van der Waals surface area contributed by atoms with E-state index in [9.17, 15) is 9.90 Å². The van der Waals surface area contributed by atoms with Crippen LogP contribution in [0, 0.1) is 0 Å². The number of aromatic nitrogens is 2. The summed E-state index contributed by atoms with van der Waals surface area (Å²) in [7, 11) is 0. The zero-order chi connectivity index (χ0) is 10.7. The predicted octanol–water partition coefficient (Wildman–Crippen LogP) is 1.22. The molecule has 0 saturated heterocycles. The third-order valence-electron chi connectivity index (χ3n) is 1.89. The highest BCUT2D eigenvalue weighted by Crippen LogP contribution is 2.23. The van der Waals surface area contributed by atoms with E-state index in [4.69, 9.17) is 0 Å². The van der Waals surface area contributed by atoms with Gasteiger partial charge in [0.2, 0.25) is 0 Å². The smallest absolute Gasteiger partial charge is 0.274 e. The molecule has 5 heteroatoms. The summed E-state index contributed by atoms with van der Waals surface area (Å²) in [6.07, 6.45) is 2.70. The monoisotopic (exact) mass is 203 g/mol. The second kappa shape index (κ2) is 3.83. The molecule has 2 rings (SSSR count). The lowest BCUT2D eigenvalue weighted by atomic mass is 10.3. The lowest BCUT2D eigenvalue weighted by Gasteiger charge is -2.05. The van der Waals surface area contributed by atoms with E-state index in [2.05, 4.69) is 15.3 Å². The Bertz CT molecular complexity index is 522. The third-order valence-corrected chi connectivity index (χ3v) is 1.89. The third kappa shape index (κ3) is 1.96. The molecule has 2 aromatic rings. The van der Waals surface area contributed by atoms with Crippen molar-refractivity contribution in [2.75, 3.05) is 5.32 Å². The molecule has 0 spiro atoms. The number of benzene rings is 1. The van der Waals surface area contributed by atoms with Crippen LogP contribution in [0.3, 0.4) is 0 Å². The Morgan fingerprint density at radius 3 is 2.80 bits per heavy atom. The molecule has 15 heavy (non-hydrogen) atoms. The molecule has 1 aromatic carbocycles. The first kappa shape index (κ1) is 9.26. The fourth-order valence-electron chi connectivity index (χ4n) is 1.16. The lowest BCUT2D eigenvalue weighted by Crippen LogP contribution is -2.10. The van der Waals surface area contributed by atoms with Crippen LogP contribution in [0.25, 0.3) is 0 Å². The molecule has 1 aromatic heterocycles. The van der Waals surface area contributed by atoms with Crippen LogP contribution in [-0.2, 0) is 0 Å². The van der Waals surface area contributed by atoms with Crippen molar-refractivity contribution in [3.8, 4) is 5.75 Å². The highest BCUT2D eigenvalue weighted by atomic mass is 16.3. The molecule has 0 atom stereocenters. The first-order valence-corrected chi connectivity index (χ1v) is 4.35. The Hall–Kier alpha value is -2.30. The number of aromatic amines is 1. The minimum Gasteiger partial charge on any atom is -0.506 e. The summed E-state index contributed by atoms with van der Waals surface area (Å²) in [6.45, 7) is 0. The lowest BCUT2D eigenvalue weighted by molar-refractivity contribution is 0.478. The highest BCUT2D eigenvalue weighted by molar-refractivity contribution is 5.64. The molecule has 0 bridgehead atoms. The molecule has 0 fully saturated rings. The van der Waals surface area contributed by atoms with E-state index in [1.807, 2.05) is 0 Å². The van der Waals surface area contributed by atoms with Crippen LogP contribution in [-0.4, -0.2) is 15.1 Å². The maximum absolute atomic E-state index is 11.3. The molecular formula is C10H9N3O2. The van der Waals surface area contributed by atoms with Gasteiger partial charge < -0.3 is 15.4 Å². The number of hydrogen-bond donors (Lipinski definition) is 3. The molecule has 5 nitrogen and oxygen atoms in total. The van der Waals surface area contributed by atoms with Crippen molar-refractivity contribution >= 4 is 11.4 Å². The maximum Gasteiger partial charge on any atom is 0.274 e. The standard InChI is InChI=1S/C10H9N3O2/c14-9-4-2-1-3-7(9)13-8-5-11-6-12-10(8)15/h1-6,13-14H,(H,11,12,15). The summed E-state index contributed by atoms with van der Waals surface area (Å²) in [5.74, 6) is 0.0840. The van der Waals surface area contributed by atoms with Gasteiger partial charge in [0.15, 0.2) is 0 Å². The summed E-state index contributed by atoms with van der Waals surface area (Å²) in [6, 6.07) is 6.66. The van der Waals surface area contributed by atoms with E-state index in [0.717, 1.165) is 0 Å². The summed E-state index contributed by atoms with van der Waals surface area (Å²) in [5, 5.41) is 12.3. The number of H-pyrrole nitrogens is 1. The second-order valence-electron chi connectivity index (χ2n) is 2.94. The van der Waals surface area contributed by atoms with Crippen LogP contribution in [0.4, 0.5) is 11.4 Å². The zero-order valence-electron chi connectivity index (χ0n) is 7.77. The first-order valence-electron chi connectivity index (χ1n) is 4.35. The van der Waals surface area contributed by atoms with Crippen LogP contribution >= 0.6 is 0 Å². The van der Waals surface area contributed by atoms with Crippen LogP contribution in [0.1, 0.15) is 0 Å². The molecule has 3 N–H and O–H groups in total. The number of aromatic hydroxyl groups is 1. The Kier molecular flexibility index (Phi) is 2.37. The van der Waals surface area contributed by atoms with Crippen molar-refractivity contribution in [2.24, 2.45) is 0 Å². The summed E-state index contributed by atoms with van der Waals surface area (Å²) >= 11 is 0. The van der Waals surface area contributed by atoms with E-state index in [0.29, 0.717) is 11.4 Å². The Balaban J connectivity index is 2.34. The Morgan fingerprint density at radius 2 is 2.07 bits per heavy atom. The minimum absolute atomic E-state index is 0.0840. The maximum atomic E-state index is 11.3. The Labute approximate surface area is 85.4 Å². The quantitative estimate of drug-likeness (QED) is 0.641. The summed E-state index contributed by atoms with van der Waals surface area (Å²) < 4.78 is 0.